The molecule has 0 saturated carbocycles. The Labute approximate surface area is 208 Å². The zero-order valence-electron chi connectivity index (χ0n) is 18.1. The second-order valence-corrected chi connectivity index (χ2v) is 11.4. The van der Waals surface area contributed by atoms with E-state index in [1.165, 1.54) is 23.9 Å². The Hall–Kier alpha value is -2.95. The third-order valence-electron chi connectivity index (χ3n) is 6.01. The first-order valence-corrected chi connectivity index (χ1v) is 12.7. The highest BCUT2D eigenvalue weighted by molar-refractivity contribution is 8.27. The van der Waals surface area contributed by atoms with Crippen LogP contribution in [-0.2, 0) is 9.59 Å². The summed E-state index contributed by atoms with van der Waals surface area (Å²) in [5.41, 5.74) is 3.96. The molecular weight excluding hydrogens is 491 g/mol. The van der Waals surface area contributed by atoms with Crippen molar-refractivity contribution in [2.45, 2.75) is 24.5 Å². The number of para-hydroxylation sites is 2. The van der Waals surface area contributed by atoms with E-state index in [0.29, 0.717) is 22.6 Å². The molecule has 0 radical (unpaired) electrons. The van der Waals surface area contributed by atoms with Gasteiger partial charge in [0.1, 0.15) is 10.1 Å². The summed E-state index contributed by atoms with van der Waals surface area (Å²) in [5, 5.41) is 3.32. The molecule has 34 heavy (non-hydrogen) atoms. The maximum Gasteiger partial charge on any atom is 0.264 e. The molecule has 3 aliphatic heterocycles. The summed E-state index contributed by atoms with van der Waals surface area (Å²) in [5.74, 6) is -0.684. The number of hydrogen-bond acceptors (Lipinski definition) is 6. The second-order valence-electron chi connectivity index (χ2n) is 8.71. The van der Waals surface area contributed by atoms with E-state index in [9.17, 15) is 14.0 Å². The number of imidazole rings is 1. The maximum atomic E-state index is 14.9. The second kappa shape index (κ2) is 7.53. The standard InChI is InChI=1S/C24H17FN4O2S3/c1-24(2)9-11(10-33-22-26-15-5-3-4-6-16(15)27-22)13-7-12(25)8-14-17(21(31)29(24)18(13)14)19-20(30)28-23(32)34-19/h3-9H,10H2,1-2H3,(H,26,27)(H,28,30,32). The molecule has 0 bridgehead atoms. The van der Waals surface area contributed by atoms with Crippen molar-refractivity contribution in [1.82, 2.24) is 15.3 Å². The molecule has 0 spiro atoms. The lowest BCUT2D eigenvalue weighted by Crippen LogP contribution is -2.46. The molecule has 6 rings (SSSR count). The molecule has 10 heteroatoms. The van der Waals surface area contributed by atoms with Gasteiger partial charge in [0.25, 0.3) is 11.8 Å². The van der Waals surface area contributed by atoms with Crippen molar-refractivity contribution in [2.75, 3.05) is 10.7 Å². The normalized spacial score (nSPS) is 20.7. The van der Waals surface area contributed by atoms with Gasteiger partial charge in [-0.2, -0.15) is 0 Å². The Morgan fingerprint density at radius 2 is 1.97 bits per heavy atom. The maximum absolute atomic E-state index is 14.9. The lowest BCUT2D eigenvalue weighted by Gasteiger charge is -2.39. The molecule has 3 aliphatic rings. The molecular formula is C24H17FN4O2S3. The summed E-state index contributed by atoms with van der Waals surface area (Å²) >= 11 is 7.67. The van der Waals surface area contributed by atoms with Crippen molar-refractivity contribution in [3.63, 3.8) is 0 Å². The van der Waals surface area contributed by atoms with Crippen molar-refractivity contribution < 1.29 is 14.0 Å². The Morgan fingerprint density at radius 1 is 1.21 bits per heavy atom. The Balaban J connectivity index is 1.45. The molecule has 0 unspecified atom stereocenters. The van der Waals surface area contributed by atoms with Gasteiger partial charge in [-0.1, -0.05) is 54.0 Å². The number of H-pyrrole nitrogens is 1. The minimum atomic E-state index is -0.678. The average Bonchev–Trinajstić information content (AvgIpc) is 3.42. The monoisotopic (exact) mass is 508 g/mol. The predicted octanol–water partition coefficient (Wildman–Crippen LogP) is 4.88. The number of anilines is 1. The fourth-order valence-electron chi connectivity index (χ4n) is 4.68. The van der Waals surface area contributed by atoms with Gasteiger partial charge in [0.15, 0.2) is 5.16 Å². The number of nitrogens with one attached hydrogen (secondary N) is 2. The van der Waals surface area contributed by atoms with Gasteiger partial charge >= 0.3 is 0 Å². The van der Waals surface area contributed by atoms with Gasteiger partial charge in [-0.25, -0.2) is 9.37 Å². The van der Waals surface area contributed by atoms with Gasteiger partial charge < -0.3 is 10.3 Å². The van der Waals surface area contributed by atoms with Crippen molar-refractivity contribution in [3.8, 4) is 0 Å². The predicted molar refractivity (Wildman–Crippen MR) is 138 cm³/mol. The summed E-state index contributed by atoms with van der Waals surface area (Å²) in [6.07, 6.45) is 1.99. The zero-order valence-corrected chi connectivity index (χ0v) is 20.5. The number of fused-ring (bicyclic) bond motifs is 1. The van der Waals surface area contributed by atoms with Crippen LogP contribution in [0, 0.1) is 5.82 Å². The van der Waals surface area contributed by atoms with Crippen LogP contribution in [0.25, 0.3) is 22.2 Å². The van der Waals surface area contributed by atoms with E-state index in [2.05, 4.69) is 15.3 Å². The summed E-state index contributed by atoms with van der Waals surface area (Å²) in [6, 6.07) is 10.6. The number of thiocarbonyl (C=S) groups is 1. The van der Waals surface area contributed by atoms with Crippen LogP contribution in [-0.4, -0.2) is 37.4 Å². The minimum absolute atomic E-state index is 0.200. The van der Waals surface area contributed by atoms with Crippen molar-refractivity contribution >= 4 is 79.7 Å². The van der Waals surface area contributed by atoms with E-state index in [1.807, 2.05) is 44.2 Å². The van der Waals surface area contributed by atoms with E-state index in [1.54, 1.807) is 4.90 Å². The number of thioether (sulfide) groups is 2. The van der Waals surface area contributed by atoms with Gasteiger partial charge in [0, 0.05) is 16.9 Å². The molecule has 6 nitrogen and oxygen atoms in total. The van der Waals surface area contributed by atoms with Crippen LogP contribution in [0.5, 0.6) is 0 Å². The fraction of sp³-hybridized carbons (Fsp3) is 0.167. The molecule has 170 valence electrons. The Kier molecular flexibility index (Phi) is 4.78. The Morgan fingerprint density at radius 3 is 2.71 bits per heavy atom. The first kappa shape index (κ1) is 21.6. The number of halogens is 1. The van der Waals surface area contributed by atoms with E-state index in [4.69, 9.17) is 12.2 Å². The molecule has 4 heterocycles. The van der Waals surface area contributed by atoms with Crippen LogP contribution in [0.15, 0.2) is 52.5 Å². The van der Waals surface area contributed by atoms with E-state index < -0.39 is 17.3 Å². The number of carbonyl (C=O) groups is 2. The largest absolute Gasteiger partial charge is 0.333 e. The highest BCUT2D eigenvalue weighted by Gasteiger charge is 2.47. The number of nitrogens with zero attached hydrogens (tertiary/aromatic N) is 2. The number of aromatic nitrogens is 2. The van der Waals surface area contributed by atoms with Crippen molar-refractivity contribution in [3.05, 3.63) is 64.3 Å². The summed E-state index contributed by atoms with van der Waals surface area (Å²) < 4.78 is 15.1. The number of rotatable bonds is 3. The third-order valence-corrected chi connectivity index (χ3v) is 8.17. The number of aromatic amines is 1. The van der Waals surface area contributed by atoms with Crippen LogP contribution in [0.1, 0.15) is 25.0 Å². The smallest absolute Gasteiger partial charge is 0.264 e. The lowest BCUT2D eigenvalue weighted by atomic mass is 9.89. The minimum Gasteiger partial charge on any atom is -0.333 e. The first-order valence-electron chi connectivity index (χ1n) is 10.5. The quantitative estimate of drug-likeness (QED) is 0.299. The molecule has 2 N–H and O–H groups in total. The zero-order chi connectivity index (χ0) is 23.8. The number of carbonyl (C=O) groups excluding carboxylic acids is 2. The van der Waals surface area contributed by atoms with Crippen LogP contribution < -0.4 is 10.2 Å². The van der Waals surface area contributed by atoms with Crippen molar-refractivity contribution in [1.29, 1.82) is 0 Å². The third kappa shape index (κ3) is 3.24. The van der Waals surface area contributed by atoms with Gasteiger partial charge in [0.05, 0.1) is 32.7 Å². The van der Waals surface area contributed by atoms with Crippen LogP contribution in [0.3, 0.4) is 0 Å². The van der Waals surface area contributed by atoms with Gasteiger partial charge in [0.2, 0.25) is 0 Å². The summed E-state index contributed by atoms with van der Waals surface area (Å²) in [6.45, 7) is 3.87. The highest BCUT2D eigenvalue weighted by Crippen LogP contribution is 2.52. The Bertz CT molecular complexity index is 1490. The van der Waals surface area contributed by atoms with E-state index in [-0.39, 0.29) is 20.7 Å². The number of amides is 2. The van der Waals surface area contributed by atoms with E-state index in [0.717, 1.165) is 33.5 Å². The molecule has 2 aromatic carbocycles. The van der Waals surface area contributed by atoms with Crippen LogP contribution in [0.2, 0.25) is 0 Å². The topological polar surface area (TPSA) is 78.1 Å². The molecule has 3 aromatic rings. The molecule has 0 aliphatic carbocycles. The van der Waals surface area contributed by atoms with Crippen LogP contribution >= 0.6 is 35.7 Å². The number of hydrogen-bond donors (Lipinski definition) is 2. The molecule has 0 atom stereocenters. The van der Waals surface area contributed by atoms with Gasteiger partial charge in [-0.3, -0.25) is 14.5 Å². The first-order chi connectivity index (χ1) is 16.2. The highest BCUT2D eigenvalue weighted by atomic mass is 32.2. The van der Waals surface area contributed by atoms with Crippen LogP contribution in [0.4, 0.5) is 10.1 Å². The fourth-order valence-corrected chi connectivity index (χ4v) is 6.67. The van der Waals surface area contributed by atoms with Gasteiger partial charge in [-0.15, -0.1) is 0 Å². The number of benzene rings is 2. The SMILES string of the molecule is CC1(C)C=C(CSc2nc3ccccc3[nH]2)c2cc(F)cc3c2N1C(=O)C3=C1SC(=S)NC1=O. The molecule has 1 fully saturated rings. The summed E-state index contributed by atoms with van der Waals surface area (Å²) in [7, 11) is 0. The summed E-state index contributed by atoms with van der Waals surface area (Å²) in [4.78, 5) is 35.9. The molecule has 1 saturated heterocycles. The van der Waals surface area contributed by atoms with E-state index >= 15 is 0 Å². The molecule has 2 amide bonds. The average molecular weight is 509 g/mol. The molecule has 1 aromatic heterocycles. The van der Waals surface area contributed by atoms with Crippen molar-refractivity contribution in [2.24, 2.45) is 0 Å². The lowest BCUT2D eigenvalue weighted by molar-refractivity contribution is -0.116. The van der Waals surface area contributed by atoms with Gasteiger partial charge in [-0.05, 0) is 43.7 Å².